The molecule has 0 saturated heterocycles. The zero-order valence-electron chi connectivity index (χ0n) is 16.4. The van der Waals surface area contributed by atoms with E-state index in [0.29, 0.717) is 5.75 Å². The zero-order chi connectivity index (χ0) is 23.2. The van der Waals surface area contributed by atoms with Gasteiger partial charge in [-0.1, -0.05) is 42.5 Å². The van der Waals surface area contributed by atoms with Crippen LogP contribution in [0.2, 0.25) is 0 Å². The molecule has 0 amide bonds. The molecule has 1 atom stereocenters. The van der Waals surface area contributed by atoms with E-state index in [1.807, 2.05) is 30.3 Å². The molecular formula is C21H21F6O2PS. The number of benzene rings is 3. The van der Waals surface area contributed by atoms with Gasteiger partial charge in [0.1, 0.15) is 23.0 Å². The summed E-state index contributed by atoms with van der Waals surface area (Å²) in [7, 11) is -8.93. The van der Waals surface area contributed by atoms with Crippen LogP contribution in [-0.4, -0.2) is 12.2 Å². The Morgan fingerprint density at radius 2 is 1.16 bits per heavy atom. The third-order valence-corrected chi connectivity index (χ3v) is 6.16. The van der Waals surface area contributed by atoms with Gasteiger partial charge in [0.15, 0.2) is 4.90 Å². The molecule has 10 heteroatoms. The summed E-state index contributed by atoms with van der Waals surface area (Å²) in [5.74, 6) is 3.17. The number of methoxy groups -OCH3 is 1. The second-order valence-corrected chi connectivity index (χ2v) is 10.5. The Balaban J connectivity index is 0.000000423. The van der Waals surface area contributed by atoms with E-state index in [1.165, 1.54) is 16.0 Å². The molecule has 0 radical (unpaired) electrons. The summed E-state index contributed by atoms with van der Waals surface area (Å²) in [6.07, 6.45) is 0. The topological polar surface area (TPSA) is 29.5 Å². The van der Waals surface area contributed by atoms with Crippen LogP contribution in [-0.2, 0) is 22.4 Å². The van der Waals surface area contributed by atoms with Gasteiger partial charge in [-0.2, -0.15) is 0 Å². The normalized spacial score (nSPS) is 14.4. The first-order valence-corrected chi connectivity index (χ1v) is 12.5. The standard InChI is InChI=1S/C21H20O2S.F6P/c1-23-20-11-7-18(8-12-20)16-24(15-17-5-3-2-4-6-17)21-13-9-19(22)10-14-21;1-7(2,3,4,5)6/h2-14H,15-16H2,1H3;/q;-1/p+1. The predicted octanol–water partition coefficient (Wildman–Crippen LogP) is 8.16. The van der Waals surface area contributed by atoms with E-state index in [-0.39, 0.29) is 10.9 Å². The van der Waals surface area contributed by atoms with Crippen molar-refractivity contribution in [2.45, 2.75) is 16.4 Å². The van der Waals surface area contributed by atoms with Gasteiger partial charge in [0.25, 0.3) is 0 Å². The van der Waals surface area contributed by atoms with E-state index < -0.39 is 7.81 Å². The maximum absolute atomic E-state index is 10.7. The molecule has 0 bridgehead atoms. The fourth-order valence-corrected chi connectivity index (χ4v) is 4.70. The molecule has 0 aliphatic rings. The van der Waals surface area contributed by atoms with Crippen LogP contribution >= 0.6 is 7.81 Å². The summed E-state index contributed by atoms with van der Waals surface area (Å²) >= 11 is 0. The van der Waals surface area contributed by atoms with Gasteiger partial charge in [-0.3, -0.25) is 0 Å². The Morgan fingerprint density at radius 3 is 1.61 bits per heavy atom. The first-order chi connectivity index (χ1) is 14.2. The van der Waals surface area contributed by atoms with Crippen molar-refractivity contribution in [3.63, 3.8) is 0 Å². The molecule has 3 aromatic rings. The number of hydrogen-bond acceptors (Lipinski definition) is 2. The molecule has 0 aliphatic carbocycles. The summed E-state index contributed by atoms with van der Waals surface area (Å²) in [4.78, 5) is 1.27. The number of hydrogen-bond donors (Lipinski definition) is 1. The number of halogens is 6. The fourth-order valence-electron chi connectivity index (χ4n) is 2.55. The SMILES string of the molecule is COc1ccc(C[S+](Cc2ccccc2)c2ccc(O)cc2)cc1.F[P-](F)(F)(F)(F)F. The molecule has 0 fully saturated rings. The number of phenols is 1. The van der Waals surface area contributed by atoms with Gasteiger partial charge in [-0.25, -0.2) is 0 Å². The van der Waals surface area contributed by atoms with Crippen molar-refractivity contribution in [3.05, 3.63) is 90.0 Å². The Labute approximate surface area is 179 Å². The third kappa shape index (κ3) is 11.5. The van der Waals surface area contributed by atoms with Crippen LogP contribution in [0.4, 0.5) is 25.2 Å². The van der Waals surface area contributed by atoms with Crippen LogP contribution in [0.3, 0.4) is 0 Å². The molecule has 0 saturated carbocycles. The average Bonchev–Trinajstić information content (AvgIpc) is 2.67. The second kappa shape index (κ2) is 9.01. The van der Waals surface area contributed by atoms with Crippen molar-refractivity contribution >= 4 is 18.7 Å². The number of ether oxygens (including phenoxy) is 1. The predicted molar refractivity (Wildman–Crippen MR) is 114 cm³/mol. The van der Waals surface area contributed by atoms with Crippen LogP contribution < -0.4 is 4.74 Å². The van der Waals surface area contributed by atoms with E-state index in [9.17, 15) is 30.3 Å². The van der Waals surface area contributed by atoms with Gasteiger partial charge >= 0.3 is 33.0 Å². The molecule has 3 aromatic carbocycles. The Kier molecular flexibility index (Phi) is 7.23. The van der Waals surface area contributed by atoms with E-state index >= 15 is 0 Å². The van der Waals surface area contributed by atoms with Crippen LogP contribution in [0, 0.1) is 0 Å². The first-order valence-electron chi connectivity index (χ1n) is 8.89. The molecule has 0 aliphatic heterocycles. The monoisotopic (exact) mass is 482 g/mol. The molecule has 31 heavy (non-hydrogen) atoms. The van der Waals surface area contributed by atoms with Gasteiger partial charge in [-0.05, 0) is 36.4 Å². The fraction of sp³-hybridized carbons (Fsp3) is 0.143. The minimum absolute atomic E-state index is 0.0414. The number of phenolic OH excluding ortho intramolecular Hbond substituents is 1. The van der Waals surface area contributed by atoms with E-state index in [2.05, 4.69) is 36.4 Å². The summed E-state index contributed by atoms with van der Waals surface area (Å²) in [5, 5.41) is 9.56. The van der Waals surface area contributed by atoms with Crippen molar-refractivity contribution in [2.24, 2.45) is 0 Å². The van der Waals surface area contributed by atoms with Gasteiger partial charge < -0.3 is 9.84 Å². The minimum atomic E-state index is -10.7. The molecule has 0 heterocycles. The van der Waals surface area contributed by atoms with Crippen molar-refractivity contribution in [1.82, 2.24) is 0 Å². The zero-order valence-corrected chi connectivity index (χ0v) is 18.1. The van der Waals surface area contributed by atoms with Crippen molar-refractivity contribution in [1.29, 1.82) is 0 Å². The molecule has 0 spiro atoms. The summed E-state index contributed by atoms with van der Waals surface area (Å²) in [6.45, 7) is 0. The molecule has 3 rings (SSSR count). The molecule has 170 valence electrons. The van der Waals surface area contributed by atoms with Crippen LogP contribution in [0.15, 0.2) is 83.8 Å². The quantitative estimate of drug-likeness (QED) is 0.218. The van der Waals surface area contributed by atoms with E-state index in [0.717, 1.165) is 17.3 Å². The van der Waals surface area contributed by atoms with Crippen LogP contribution in [0.5, 0.6) is 11.5 Å². The van der Waals surface area contributed by atoms with Gasteiger partial charge in [0, 0.05) is 22.0 Å². The van der Waals surface area contributed by atoms with Gasteiger partial charge in [-0.15, -0.1) is 0 Å². The van der Waals surface area contributed by atoms with Crippen molar-refractivity contribution in [2.75, 3.05) is 7.11 Å². The second-order valence-electron chi connectivity index (χ2n) is 6.57. The average molecular weight is 482 g/mol. The Morgan fingerprint density at radius 1 is 0.710 bits per heavy atom. The Bertz CT molecular complexity index is 952. The van der Waals surface area contributed by atoms with Crippen molar-refractivity contribution in [3.8, 4) is 11.5 Å². The molecule has 1 N–H and O–H groups in total. The van der Waals surface area contributed by atoms with E-state index in [4.69, 9.17) is 4.74 Å². The number of rotatable bonds is 6. The number of aromatic hydroxyl groups is 1. The third-order valence-electron chi connectivity index (χ3n) is 3.85. The molecule has 0 aromatic heterocycles. The summed E-state index contributed by atoms with van der Waals surface area (Å²) < 4.78 is 64.4. The molecule has 1 unspecified atom stereocenters. The van der Waals surface area contributed by atoms with Crippen molar-refractivity contribution < 1.29 is 35.0 Å². The maximum atomic E-state index is 9.87. The van der Waals surface area contributed by atoms with Gasteiger partial charge in [0.2, 0.25) is 0 Å². The summed E-state index contributed by atoms with van der Waals surface area (Å²) in [5.41, 5.74) is 2.63. The molecule has 2 nitrogen and oxygen atoms in total. The molecular weight excluding hydrogens is 461 g/mol. The summed E-state index contributed by atoms with van der Waals surface area (Å²) in [6, 6.07) is 26.5. The van der Waals surface area contributed by atoms with E-state index in [1.54, 1.807) is 19.2 Å². The van der Waals surface area contributed by atoms with Crippen LogP contribution in [0.25, 0.3) is 0 Å². The van der Waals surface area contributed by atoms with Gasteiger partial charge in [0.05, 0.1) is 7.11 Å². The first kappa shape index (κ1) is 24.9. The Hall–Kier alpha value is -2.38. The van der Waals surface area contributed by atoms with Crippen LogP contribution in [0.1, 0.15) is 11.1 Å².